The maximum atomic E-state index is 10.3. The molecule has 0 heterocycles. The summed E-state index contributed by atoms with van der Waals surface area (Å²) >= 11 is 0. The number of phenols is 2. The van der Waals surface area contributed by atoms with Crippen molar-refractivity contribution in [3.8, 4) is 11.5 Å². The minimum Gasteiger partial charge on any atom is -0.507 e. The Kier molecular flexibility index (Phi) is 22.1. The van der Waals surface area contributed by atoms with E-state index in [4.69, 9.17) is 20.4 Å². The Hall–Kier alpha value is -2.56. The summed E-state index contributed by atoms with van der Waals surface area (Å²) < 4.78 is 0. The number of benzene rings is 2. The molecule has 0 saturated carbocycles. The van der Waals surface area contributed by atoms with Crippen LogP contribution in [0.1, 0.15) is 20.7 Å². The molecule has 0 aliphatic heterocycles. The van der Waals surface area contributed by atoms with Crippen molar-refractivity contribution in [2.24, 2.45) is 0 Å². The molecule has 0 aromatic heterocycles. The smallest absolute Gasteiger partial charge is 0.339 e. The standard InChI is InChI=1S/2C7H6O3.4H2O.Zn/c2*8-6-4-2-1-3-5(6)7(9)10;;;;;/h2*1-4,8H,(H,9,10);4*1H2;. The number of carbonyl (C=O) groups is 2. The van der Waals surface area contributed by atoms with Crippen LogP contribution in [0.15, 0.2) is 48.5 Å². The number of hydrogen-bond donors (Lipinski definition) is 4. The van der Waals surface area contributed by atoms with Gasteiger partial charge in [0, 0.05) is 19.5 Å². The Morgan fingerprint density at radius 3 is 1.00 bits per heavy atom. The predicted octanol–water partition coefficient (Wildman–Crippen LogP) is -1.12. The van der Waals surface area contributed by atoms with Gasteiger partial charge in [-0.05, 0) is 24.3 Å². The molecule has 0 spiro atoms. The summed E-state index contributed by atoms with van der Waals surface area (Å²) in [7, 11) is 0. The Balaban J connectivity index is -0.0000000889. The minimum absolute atomic E-state index is 0. The molecule has 11 heteroatoms. The molecule has 10 nitrogen and oxygen atoms in total. The van der Waals surface area contributed by atoms with Crippen molar-refractivity contribution in [2.75, 3.05) is 0 Å². The first kappa shape index (κ1) is 33.9. The van der Waals surface area contributed by atoms with Gasteiger partial charge in [0.2, 0.25) is 0 Å². The van der Waals surface area contributed by atoms with Crippen LogP contribution < -0.4 is 0 Å². The van der Waals surface area contributed by atoms with Crippen LogP contribution in [0.2, 0.25) is 0 Å². The molecule has 0 unspecified atom stereocenters. The molecule has 12 N–H and O–H groups in total. The van der Waals surface area contributed by atoms with Crippen LogP contribution in [-0.2, 0) is 19.5 Å². The monoisotopic (exact) mass is 412 g/mol. The molecule has 0 fully saturated rings. The molecule has 0 bridgehead atoms. The summed E-state index contributed by atoms with van der Waals surface area (Å²) in [6.45, 7) is 0. The van der Waals surface area contributed by atoms with Crippen molar-refractivity contribution in [1.82, 2.24) is 0 Å². The molecule has 2 aromatic carbocycles. The number of aromatic carboxylic acids is 2. The molecule has 0 atom stereocenters. The fourth-order valence-electron chi connectivity index (χ4n) is 1.31. The third-order valence-corrected chi connectivity index (χ3v) is 2.27. The largest absolute Gasteiger partial charge is 0.507 e. The molecular weight excluding hydrogens is 394 g/mol. The third-order valence-electron chi connectivity index (χ3n) is 2.27. The Bertz CT molecular complexity index is 577. The van der Waals surface area contributed by atoms with Crippen LogP contribution in [-0.4, -0.2) is 54.3 Å². The Morgan fingerprint density at radius 1 is 0.600 bits per heavy atom. The summed E-state index contributed by atoms with van der Waals surface area (Å²) in [5, 5.41) is 34.6. The Morgan fingerprint density at radius 2 is 0.840 bits per heavy atom. The molecule has 0 amide bonds. The summed E-state index contributed by atoms with van der Waals surface area (Å²) in [6.07, 6.45) is 0. The van der Waals surface area contributed by atoms with Gasteiger partial charge in [0.1, 0.15) is 22.6 Å². The first-order valence-corrected chi connectivity index (χ1v) is 5.46. The van der Waals surface area contributed by atoms with Crippen molar-refractivity contribution < 1.29 is 71.4 Å². The molecule has 2 rings (SSSR count). The number of aromatic hydroxyl groups is 2. The first-order chi connectivity index (χ1) is 9.43. The zero-order valence-corrected chi connectivity index (χ0v) is 15.9. The van der Waals surface area contributed by atoms with E-state index in [-0.39, 0.29) is 64.0 Å². The minimum atomic E-state index is -1.11. The predicted molar refractivity (Wildman–Crippen MR) is 84.6 cm³/mol. The number of carboxylic acids is 2. The Labute approximate surface area is 155 Å². The SMILES string of the molecule is O.O.O.O.O=C(O)c1ccccc1O.O=C(O)c1ccccc1O.[Zn]. The second kappa shape index (κ2) is 16.3. The van der Waals surface area contributed by atoms with Gasteiger partial charge in [-0.1, -0.05) is 24.3 Å². The van der Waals surface area contributed by atoms with Gasteiger partial charge in [-0.25, -0.2) is 9.59 Å². The number of para-hydroxylation sites is 2. The number of rotatable bonds is 2. The summed E-state index contributed by atoms with van der Waals surface area (Å²) in [6, 6.07) is 11.6. The normalized spacial score (nSPS) is 7.36. The van der Waals surface area contributed by atoms with Crippen LogP contribution in [0, 0.1) is 0 Å². The van der Waals surface area contributed by atoms with Crippen LogP contribution in [0.5, 0.6) is 11.5 Å². The summed E-state index contributed by atoms with van der Waals surface area (Å²) in [5.74, 6) is -2.62. The third kappa shape index (κ3) is 10.8. The van der Waals surface area contributed by atoms with Gasteiger partial charge in [-0.15, -0.1) is 0 Å². The molecule has 0 aliphatic rings. The summed E-state index contributed by atoms with van der Waals surface area (Å²) in [5.41, 5.74) is -0.134. The van der Waals surface area contributed by atoms with E-state index in [0.717, 1.165) is 0 Å². The molecule has 25 heavy (non-hydrogen) atoms. The van der Waals surface area contributed by atoms with Crippen molar-refractivity contribution in [1.29, 1.82) is 0 Å². The fourth-order valence-corrected chi connectivity index (χ4v) is 1.31. The van der Waals surface area contributed by atoms with Gasteiger partial charge in [-0.2, -0.15) is 0 Å². The van der Waals surface area contributed by atoms with Crippen molar-refractivity contribution in [2.45, 2.75) is 0 Å². The number of carboxylic acid groups (broad SMARTS) is 2. The van der Waals surface area contributed by atoms with Gasteiger partial charge >= 0.3 is 11.9 Å². The molecule has 138 valence electrons. The zero-order valence-electron chi connectivity index (χ0n) is 12.9. The zero-order chi connectivity index (χ0) is 15.1. The van der Waals surface area contributed by atoms with E-state index >= 15 is 0 Å². The van der Waals surface area contributed by atoms with Crippen LogP contribution in [0.4, 0.5) is 0 Å². The topological polar surface area (TPSA) is 241 Å². The quantitative estimate of drug-likeness (QED) is 0.443. The van der Waals surface area contributed by atoms with Gasteiger partial charge in [0.15, 0.2) is 0 Å². The van der Waals surface area contributed by atoms with E-state index < -0.39 is 11.9 Å². The van der Waals surface area contributed by atoms with E-state index in [9.17, 15) is 9.59 Å². The van der Waals surface area contributed by atoms with Crippen LogP contribution in [0.3, 0.4) is 0 Å². The van der Waals surface area contributed by atoms with Crippen molar-refractivity contribution >= 4 is 11.9 Å². The van der Waals surface area contributed by atoms with Gasteiger partial charge in [0.05, 0.1) is 0 Å². The fraction of sp³-hybridized carbons (Fsp3) is 0. The first-order valence-electron chi connectivity index (χ1n) is 5.46. The second-order valence-electron chi connectivity index (χ2n) is 3.64. The average Bonchev–Trinajstić information content (AvgIpc) is 2.40. The molecule has 0 saturated heterocycles. The molecular formula is C14H20O10Zn. The average molecular weight is 414 g/mol. The van der Waals surface area contributed by atoms with Gasteiger partial charge < -0.3 is 42.3 Å². The van der Waals surface area contributed by atoms with E-state index in [2.05, 4.69) is 0 Å². The van der Waals surface area contributed by atoms with Crippen LogP contribution >= 0.6 is 0 Å². The van der Waals surface area contributed by atoms with E-state index in [1.165, 1.54) is 24.3 Å². The molecule has 0 radical (unpaired) electrons. The van der Waals surface area contributed by atoms with Crippen molar-refractivity contribution in [3.05, 3.63) is 59.7 Å². The van der Waals surface area contributed by atoms with Crippen LogP contribution in [0.25, 0.3) is 0 Å². The van der Waals surface area contributed by atoms with Gasteiger partial charge in [0.25, 0.3) is 0 Å². The maximum absolute atomic E-state index is 10.3. The molecule has 2 aromatic rings. The van der Waals surface area contributed by atoms with E-state index in [1.807, 2.05) is 0 Å². The maximum Gasteiger partial charge on any atom is 0.339 e. The van der Waals surface area contributed by atoms with E-state index in [1.54, 1.807) is 24.3 Å². The van der Waals surface area contributed by atoms with Gasteiger partial charge in [-0.3, -0.25) is 0 Å². The number of hydrogen-bond acceptors (Lipinski definition) is 4. The molecule has 0 aliphatic carbocycles. The second-order valence-corrected chi connectivity index (χ2v) is 3.64. The van der Waals surface area contributed by atoms with Crippen molar-refractivity contribution in [3.63, 3.8) is 0 Å². The van der Waals surface area contributed by atoms with E-state index in [0.29, 0.717) is 0 Å². The summed E-state index contributed by atoms with van der Waals surface area (Å²) in [4.78, 5) is 20.5.